The maximum absolute atomic E-state index is 11.5. The van der Waals surface area contributed by atoms with Gasteiger partial charge in [-0.3, -0.25) is 0 Å². The number of esters is 1. The Bertz CT molecular complexity index is 772. The molecular weight excluding hydrogens is 330 g/mol. The van der Waals surface area contributed by atoms with E-state index in [2.05, 4.69) is 14.8 Å². The van der Waals surface area contributed by atoms with Crippen LogP contribution < -0.4 is 4.74 Å². The maximum Gasteiger partial charge on any atom is 0.341 e. The van der Waals surface area contributed by atoms with Crippen LogP contribution in [0.1, 0.15) is 29.6 Å². The molecule has 2 atom stereocenters. The van der Waals surface area contributed by atoms with Gasteiger partial charge in [0, 0.05) is 12.3 Å². The second-order valence-electron chi connectivity index (χ2n) is 6.41. The Morgan fingerprint density at radius 1 is 1.38 bits per heavy atom. The normalized spacial score (nSPS) is 22.2. The Kier molecular flexibility index (Phi) is 3.92. The fourth-order valence-corrected chi connectivity index (χ4v) is 3.31. The molecule has 2 heterocycles. The third-order valence-corrected chi connectivity index (χ3v) is 4.98. The van der Waals surface area contributed by atoms with Gasteiger partial charge in [0.05, 0.1) is 19.3 Å². The number of aromatic nitrogens is 3. The summed E-state index contributed by atoms with van der Waals surface area (Å²) in [5.74, 6) is 3.10. The zero-order chi connectivity index (χ0) is 16.7. The average molecular weight is 348 g/mol. The molecule has 4 rings (SSSR count). The van der Waals surface area contributed by atoms with Gasteiger partial charge in [-0.1, -0.05) is 11.6 Å². The zero-order valence-corrected chi connectivity index (χ0v) is 14.1. The molecule has 0 N–H and O–H groups in total. The summed E-state index contributed by atoms with van der Waals surface area (Å²) in [4.78, 5) is 15.7. The fraction of sp³-hybridized carbons (Fsp3) is 0.471. The van der Waals surface area contributed by atoms with E-state index in [0.29, 0.717) is 17.6 Å². The van der Waals surface area contributed by atoms with Crippen LogP contribution in [0, 0.1) is 17.8 Å². The molecule has 2 saturated carbocycles. The number of nitrogens with zero attached hydrogens (tertiary/aromatic N) is 3. The summed E-state index contributed by atoms with van der Waals surface area (Å²) in [5, 5.41) is 4.44. The van der Waals surface area contributed by atoms with Crippen LogP contribution in [0.25, 0.3) is 5.82 Å². The highest BCUT2D eigenvalue weighted by Gasteiger charge is 2.47. The molecule has 0 spiro atoms. The first kappa shape index (κ1) is 15.4. The van der Waals surface area contributed by atoms with E-state index in [-0.39, 0.29) is 10.7 Å². The summed E-state index contributed by atoms with van der Waals surface area (Å²) in [6.45, 7) is 0.730. The zero-order valence-electron chi connectivity index (χ0n) is 13.3. The van der Waals surface area contributed by atoms with Gasteiger partial charge in [0.25, 0.3) is 0 Å². The smallest absolute Gasteiger partial charge is 0.341 e. The second kappa shape index (κ2) is 6.09. The summed E-state index contributed by atoms with van der Waals surface area (Å²) in [5.41, 5.74) is 0.228. The van der Waals surface area contributed by atoms with E-state index >= 15 is 0 Å². The average Bonchev–Trinajstić information content (AvgIpc) is 3.49. The lowest BCUT2D eigenvalue weighted by molar-refractivity contribution is 0.0600. The van der Waals surface area contributed by atoms with Crippen LogP contribution in [0.5, 0.6) is 5.88 Å². The van der Waals surface area contributed by atoms with Crippen molar-refractivity contribution in [3.8, 4) is 11.7 Å². The molecule has 0 radical (unpaired) electrons. The van der Waals surface area contributed by atoms with Crippen LogP contribution in [0.4, 0.5) is 0 Å². The van der Waals surface area contributed by atoms with E-state index in [4.69, 9.17) is 16.3 Å². The van der Waals surface area contributed by atoms with Gasteiger partial charge in [-0.05, 0) is 49.1 Å². The van der Waals surface area contributed by atoms with Crippen molar-refractivity contribution in [2.45, 2.75) is 19.3 Å². The molecule has 0 aliphatic heterocycles. The van der Waals surface area contributed by atoms with Gasteiger partial charge in [0.1, 0.15) is 5.15 Å². The summed E-state index contributed by atoms with van der Waals surface area (Å²) >= 11 is 6.04. The lowest BCUT2D eigenvalue weighted by atomic mass is 10.2. The topological polar surface area (TPSA) is 66.2 Å². The van der Waals surface area contributed by atoms with E-state index < -0.39 is 5.97 Å². The Morgan fingerprint density at radius 3 is 2.92 bits per heavy atom. The number of hydrogen-bond acceptors (Lipinski definition) is 5. The van der Waals surface area contributed by atoms with E-state index in [1.54, 1.807) is 29.1 Å². The number of halogens is 1. The quantitative estimate of drug-likeness (QED) is 0.593. The molecule has 0 bridgehead atoms. The van der Waals surface area contributed by atoms with Gasteiger partial charge >= 0.3 is 5.97 Å². The molecule has 2 aliphatic carbocycles. The molecule has 6 nitrogen and oxygen atoms in total. The molecule has 2 aromatic heterocycles. The van der Waals surface area contributed by atoms with Crippen LogP contribution in [-0.4, -0.2) is 34.5 Å². The highest BCUT2D eigenvalue weighted by molar-refractivity contribution is 6.32. The van der Waals surface area contributed by atoms with Crippen molar-refractivity contribution in [3.05, 3.63) is 35.1 Å². The Hall–Kier alpha value is -2.08. The van der Waals surface area contributed by atoms with Crippen LogP contribution in [-0.2, 0) is 4.74 Å². The molecule has 0 aromatic carbocycles. The monoisotopic (exact) mass is 347 g/mol. The van der Waals surface area contributed by atoms with Gasteiger partial charge in [-0.25, -0.2) is 14.5 Å². The van der Waals surface area contributed by atoms with Crippen LogP contribution in [0.3, 0.4) is 0 Å². The van der Waals surface area contributed by atoms with Crippen LogP contribution in [0.15, 0.2) is 24.4 Å². The van der Waals surface area contributed by atoms with Crippen molar-refractivity contribution in [1.29, 1.82) is 0 Å². The van der Waals surface area contributed by atoms with E-state index in [9.17, 15) is 4.79 Å². The van der Waals surface area contributed by atoms with Crippen LogP contribution in [0.2, 0.25) is 5.15 Å². The molecular formula is C17H18ClN3O3. The van der Waals surface area contributed by atoms with E-state index in [0.717, 1.165) is 18.4 Å². The molecule has 24 heavy (non-hydrogen) atoms. The molecule has 2 aliphatic rings. The summed E-state index contributed by atoms with van der Waals surface area (Å²) < 4.78 is 12.0. The predicted octanol–water partition coefficient (Wildman–Crippen LogP) is 3.13. The SMILES string of the molecule is COC(=O)c1ccc(-n2ccc(OCC3CC3C3CC3)n2)nc1Cl. The molecule has 2 fully saturated rings. The van der Waals surface area contributed by atoms with Crippen molar-refractivity contribution >= 4 is 17.6 Å². The second-order valence-corrected chi connectivity index (χ2v) is 6.76. The van der Waals surface area contributed by atoms with Gasteiger partial charge < -0.3 is 9.47 Å². The molecule has 7 heteroatoms. The number of hydrogen-bond donors (Lipinski definition) is 0. The van der Waals surface area contributed by atoms with Crippen molar-refractivity contribution < 1.29 is 14.3 Å². The predicted molar refractivity (Wildman–Crippen MR) is 87.5 cm³/mol. The first-order valence-corrected chi connectivity index (χ1v) is 8.47. The maximum atomic E-state index is 11.5. The molecule has 0 saturated heterocycles. The highest BCUT2D eigenvalue weighted by atomic mass is 35.5. The van der Waals surface area contributed by atoms with Gasteiger partial charge in [-0.15, -0.1) is 5.10 Å². The first-order valence-electron chi connectivity index (χ1n) is 8.09. The van der Waals surface area contributed by atoms with Gasteiger partial charge in [0.15, 0.2) is 5.82 Å². The number of methoxy groups -OCH3 is 1. The minimum atomic E-state index is -0.516. The lowest BCUT2D eigenvalue weighted by Crippen LogP contribution is -2.06. The third kappa shape index (κ3) is 3.11. The number of ether oxygens (including phenoxy) is 2. The molecule has 0 amide bonds. The fourth-order valence-electron chi connectivity index (χ4n) is 3.08. The lowest BCUT2D eigenvalue weighted by Gasteiger charge is -2.05. The third-order valence-electron chi connectivity index (χ3n) is 4.69. The van der Waals surface area contributed by atoms with Crippen molar-refractivity contribution in [1.82, 2.24) is 14.8 Å². The highest BCUT2D eigenvalue weighted by Crippen LogP contribution is 2.54. The summed E-state index contributed by atoms with van der Waals surface area (Å²) in [7, 11) is 1.30. The van der Waals surface area contributed by atoms with Gasteiger partial charge in [-0.2, -0.15) is 0 Å². The summed E-state index contributed by atoms with van der Waals surface area (Å²) in [6.07, 6.45) is 5.84. The molecule has 126 valence electrons. The van der Waals surface area contributed by atoms with Crippen LogP contribution >= 0.6 is 11.6 Å². The number of carbonyl (C=O) groups excluding carboxylic acids is 1. The minimum absolute atomic E-state index is 0.0857. The largest absolute Gasteiger partial charge is 0.476 e. The molecule has 2 aromatic rings. The number of pyridine rings is 1. The first-order chi connectivity index (χ1) is 11.7. The van der Waals surface area contributed by atoms with Crippen molar-refractivity contribution in [3.63, 3.8) is 0 Å². The van der Waals surface area contributed by atoms with Gasteiger partial charge in [0.2, 0.25) is 5.88 Å². The Balaban J connectivity index is 1.40. The Labute approximate surface area is 144 Å². The Morgan fingerprint density at radius 2 is 2.21 bits per heavy atom. The van der Waals surface area contributed by atoms with E-state index in [1.165, 1.54) is 26.4 Å². The number of carbonyl (C=O) groups is 1. The standard InChI is InChI=1S/C17H18ClN3O3/c1-23-17(22)12-4-5-14(19-16(12)18)21-7-6-15(20-21)24-9-11-8-13(11)10-2-3-10/h4-7,10-11,13H,2-3,8-9H2,1H3. The minimum Gasteiger partial charge on any atom is -0.476 e. The summed E-state index contributed by atoms with van der Waals surface area (Å²) in [6, 6.07) is 5.04. The number of rotatable bonds is 6. The van der Waals surface area contributed by atoms with Crippen molar-refractivity contribution in [2.24, 2.45) is 17.8 Å². The molecule has 2 unspecified atom stereocenters. The van der Waals surface area contributed by atoms with E-state index in [1.807, 2.05) is 0 Å². The van der Waals surface area contributed by atoms with Crippen molar-refractivity contribution in [2.75, 3.05) is 13.7 Å².